The third kappa shape index (κ3) is 2.61. The van der Waals surface area contributed by atoms with Crippen LogP contribution in [0, 0.1) is 13.8 Å². The Morgan fingerprint density at radius 3 is 2.53 bits per heavy atom. The van der Waals surface area contributed by atoms with Crippen LogP contribution in [0.3, 0.4) is 0 Å². The van der Waals surface area contributed by atoms with Crippen molar-refractivity contribution in [1.82, 2.24) is 9.80 Å². The first-order valence-corrected chi connectivity index (χ1v) is 6.28. The standard InChI is InChI=1S/C14H19N3O2/c1-9-4-5-11(10(2)6-9)12(15)7-17-13(18)8-16(3)14(17)19/h4-6,12H,7-8,15H2,1-3H3. The van der Waals surface area contributed by atoms with Crippen molar-refractivity contribution in [3.63, 3.8) is 0 Å². The molecular weight excluding hydrogens is 242 g/mol. The first kappa shape index (κ1) is 13.5. The number of likely N-dealkylation sites (N-methyl/N-ethyl adjacent to an activating group) is 1. The summed E-state index contributed by atoms with van der Waals surface area (Å²) in [5, 5.41) is 0. The van der Waals surface area contributed by atoms with E-state index in [9.17, 15) is 9.59 Å². The predicted molar refractivity (Wildman–Crippen MR) is 72.6 cm³/mol. The maximum absolute atomic E-state index is 11.8. The highest BCUT2D eigenvalue weighted by molar-refractivity contribution is 6.01. The number of imide groups is 1. The molecule has 0 aliphatic carbocycles. The van der Waals surface area contributed by atoms with Crippen LogP contribution < -0.4 is 5.73 Å². The van der Waals surface area contributed by atoms with Gasteiger partial charge in [-0.25, -0.2) is 4.79 Å². The fraction of sp³-hybridized carbons (Fsp3) is 0.429. The highest BCUT2D eigenvalue weighted by Gasteiger charge is 2.34. The number of nitrogens with two attached hydrogens (primary N) is 1. The minimum atomic E-state index is -0.347. The molecule has 19 heavy (non-hydrogen) atoms. The first-order chi connectivity index (χ1) is 8.90. The molecule has 3 amide bonds. The van der Waals surface area contributed by atoms with Gasteiger partial charge in [-0.2, -0.15) is 0 Å². The number of amides is 3. The molecule has 1 saturated heterocycles. The maximum atomic E-state index is 11.8. The molecule has 1 aliphatic heterocycles. The van der Waals surface area contributed by atoms with Crippen LogP contribution in [0.15, 0.2) is 18.2 Å². The van der Waals surface area contributed by atoms with Crippen molar-refractivity contribution in [1.29, 1.82) is 0 Å². The van der Waals surface area contributed by atoms with Gasteiger partial charge < -0.3 is 10.6 Å². The Bertz CT molecular complexity index is 527. The Morgan fingerprint density at radius 1 is 1.32 bits per heavy atom. The fourth-order valence-electron chi connectivity index (χ4n) is 2.39. The molecule has 0 radical (unpaired) electrons. The van der Waals surface area contributed by atoms with Crippen LogP contribution in [0.1, 0.15) is 22.7 Å². The van der Waals surface area contributed by atoms with E-state index in [1.54, 1.807) is 7.05 Å². The summed E-state index contributed by atoms with van der Waals surface area (Å²) in [6, 6.07) is 5.38. The topological polar surface area (TPSA) is 66.6 Å². The highest BCUT2D eigenvalue weighted by Crippen LogP contribution is 2.20. The number of aryl methyl sites for hydroxylation is 2. The lowest BCUT2D eigenvalue weighted by atomic mass is 9.99. The second kappa shape index (κ2) is 5.01. The highest BCUT2D eigenvalue weighted by atomic mass is 16.2. The van der Waals surface area contributed by atoms with E-state index in [1.807, 2.05) is 26.0 Å². The van der Waals surface area contributed by atoms with Gasteiger partial charge in [-0.05, 0) is 25.0 Å². The van der Waals surface area contributed by atoms with Gasteiger partial charge in [0.15, 0.2) is 0 Å². The lowest BCUT2D eigenvalue weighted by molar-refractivity contribution is -0.125. The summed E-state index contributed by atoms with van der Waals surface area (Å²) in [4.78, 5) is 26.1. The Morgan fingerprint density at radius 2 is 2.00 bits per heavy atom. The van der Waals surface area contributed by atoms with Gasteiger partial charge in [0.1, 0.15) is 6.54 Å². The Labute approximate surface area is 113 Å². The van der Waals surface area contributed by atoms with Gasteiger partial charge in [-0.1, -0.05) is 23.8 Å². The number of hydrogen-bond donors (Lipinski definition) is 1. The molecule has 2 N–H and O–H groups in total. The van der Waals surface area contributed by atoms with Gasteiger partial charge in [0, 0.05) is 19.6 Å². The number of carbonyl (C=O) groups excluding carboxylic acids is 2. The molecule has 1 aromatic carbocycles. The molecule has 1 heterocycles. The summed E-state index contributed by atoms with van der Waals surface area (Å²) in [5.41, 5.74) is 9.36. The average Bonchev–Trinajstić information content (AvgIpc) is 2.56. The van der Waals surface area contributed by atoms with E-state index < -0.39 is 0 Å². The summed E-state index contributed by atoms with van der Waals surface area (Å²) in [5.74, 6) is -0.187. The van der Waals surface area contributed by atoms with Crippen LogP contribution >= 0.6 is 0 Å². The summed E-state index contributed by atoms with van der Waals surface area (Å²) in [7, 11) is 1.61. The third-order valence-corrected chi connectivity index (χ3v) is 3.43. The van der Waals surface area contributed by atoms with Gasteiger partial charge >= 0.3 is 6.03 Å². The van der Waals surface area contributed by atoms with E-state index in [2.05, 4.69) is 6.07 Å². The van der Waals surface area contributed by atoms with Crippen molar-refractivity contribution in [2.24, 2.45) is 5.73 Å². The second-order valence-corrected chi connectivity index (χ2v) is 5.11. The van der Waals surface area contributed by atoms with E-state index in [-0.39, 0.29) is 31.1 Å². The molecule has 1 unspecified atom stereocenters. The molecular formula is C14H19N3O2. The van der Waals surface area contributed by atoms with Crippen LogP contribution in [0.2, 0.25) is 0 Å². The normalized spacial score (nSPS) is 17.3. The number of urea groups is 1. The molecule has 2 rings (SSSR count). The van der Waals surface area contributed by atoms with Crippen LogP contribution in [0.4, 0.5) is 4.79 Å². The van der Waals surface area contributed by atoms with Gasteiger partial charge in [-0.15, -0.1) is 0 Å². The molecule has 0 spiro atoms. The van der Waals surface area contributed by atoms with Crippen molar-refractivity contribution in [3.05, 3.63) is 34.9 Å². The van der Waals surface area contributed by atoms with E-state index in [4.69, 9.17) is 5.73 Å². The van der Waals surface area contributed by atoms with Crippen molar-refractivity contribution in [2.75, 3.05) is 20.1 Å². The molecule has 0 aromatic heterocycles. The maximum Gasteiger partial charge on any atom is 0.327 e. The van der Waals surface area contributed by atoms with Crippen molar-refractivity contribution < 1.29 is 9.59 Å². The van der Waals surface area contributed by atoms with E-state index in [0.29, 0.717) is 0 Å². The quantitative estimate of drug-likeness (QED) is 0.831. The molecule has 5 heteroatoms. The monoisotopic (exact) mass is 261 g/mol. The van der Waals surface area contributed by atoms with Crippen LogP contribution in [-0.4, -0.2) is 41.9 Å². The molecule has 1 aromatic rings. The van der Waals surface area contributed by atoms with Gasteiger partial charge in [-0.3, -0.25) is 9.69 Å². The summed E-state index contributed by atoms with van der Waals surface area (Å²) in [6.07, 6.45) is 0. The molecule has 0 saturated carbocycles. The van der Waals surface area contributed by atoms with E-state index in [0.717, 1.165) is 11.1 Å². The molecule has 1 fully saturated rings. The summed E-state index contributed by atoms with van der Waals surface area (Å²) >= 11 is 0. The Hall–Kier alpha value is -1.88. The lowest BCUT2D eigenvalue weighted by Gasteiger charge is -2.21. The third-order valence-electron chi connectivity index (χ3n) is 3.43. The zero-order valence-corrected chi connectivity index (χ0v) is 11.5. The molecule has 102 valence electrons. The lowest BCUT2D eigenvalue weighted by Crippen LogP contribution is -2.37. The molecule has 1 aliphatic rings. The van der Waals surface area contributed by atoms with E-state index in [1.165, 1.54) is 15.4 Å². The van der Waals surface area contributed by atoms with Crippen LogP contribution in [0.5, 0.6) is 0 Å². The van der Waals surface area contributed by atoms with Gasteiger partial charge in [0.25, 0.3) is 0 Å². The number of hydrogen-bond acceptors (Lipinski definition) is 3. The van der Waals surface area contributed by atoms with Crippen LogP contribution in [0.25, 0.3) is 0 Å². The molecule has 1 atom stereocenters. The van der Waals surface area contributed by atoms with Crippen molar-refractivity contribution in [2.45, 2.75) is 19.9 Å². The first-order valence-electron chi connectivity index (χ1n) is 6.28. The van der Waals surface area contributed by atoms with Crippen molar-refractivity contribution in [3.8, 4) is 0 Å². The van der Waals surface area contributed by atoms with E-state index >= 15 is 0 Å². The SMILES string of the molecule is Cc1ccc(C(N)CN2C(=O)CN(C)C2=O)c(C)c1. The van der Waals surface area contributed by atoms with Gasteiger partial charge in [0.05, 0.1) is 0 Å². The molecule has 5 nitrogen and oxygen atoms in total. The summed E-state index contributed by atoms with van der Waals surface area (Å²) in [6.45, 7) is 4.37. The minimum absolute atomic E-state index is 0.137. The second-order valence-electron chi connectivity index (χ2n) is 5.11. The average molecular weight is 261 g/mol. The Kier molecular flexibility index (Phi) is 3.57. The largest absolute Gasteiger partial charge is 0.327 e. The Balaban J connectivity index is 2.15. The summed E-state index contributed by atoms with van der Waals surface area (Å²) < 4.78 is 0. The zero-order chi connectivity index (χ0) is 14.2. The minimum Gasteiger partial charge on any atom is -0.322 e. The molecule has 0 bridgehead atoms. The van der Waals surface area contributed by atoms with Crippen molar-refractivity contribution >= 4 is 11.9 Å². The number of carbonyl (C=O) groups is 2. The van der Waals surface area contributed by atoms with Crippen LogP contribution in [-0.2, 0) is 4.79 Å². The number of rotatable bonds is 3. The fourth-order valence-corrected chi connectivity index (χ4v) is 2.39. The number of benzene rings is 1. The number of nitrogens with zero attached hydrogens (tertiary/aromatic N) is 2. The zero-order valence-electron chi connectivity index (χ0n) is 11.5. The predicted octanol–water partition coefficient (Wildman–Crippen LogP) is 1.20. The van der Waals surface area contributed by atoms with Gasteiger partial charge in [0.2, 0.25) is 5.91 Å². The smallest absolute Gasteiger partial charge is 0.322 e.